The average Bonchev–Trinajstić information content (AvgIpc) is 2.61. The van der Waals surface area contributed by atoms with Crippen molar-refractivity contribution in [2.75, 3.05) is 13.2 Å². The summed E-state index contributed by atoms with van der Waals surface area (Å²) in [7, 11) is -3.54. The van der Waals surface area contributed by atoms with E-state index in [1.54, 1.807) is 22.5 Å². The molecule has 0 saturated carbocycles. The van der Waals surface area contributed by atoms with E-state index in [0.29, 0.717) is 24.6 Å². The molecule has 26 heavy (non-hydrogen) atoms. The molecule has 140 valence electrons. The van der Waals surface area contributed by atoms with Gasteiger partial charge in [-0.3, -0.25) is 0 Å². The zero-order valence-corrected chi connectivity index (χ0v) is 16.8. The minimum Gasteiger partial charge on any atom is -0.494 e. The second-order valence-corrected chi connectivity index (χ2v) is 9.64. The van der Waals surface area contributed by atoms with Crippen molar-refractivity contribution in [1.29, 1.82) is 0 Å². The highest BCUT2D eigenvalue weighted by Gasteiger charge is 2.30. The molecule has 4 nitrogen and oxygen atoms in total. The third kappa shape index (κ3) is 3.64. The van der Waals surface area contributed by atoms with Crippen molar-refractivity contribution < 1.29 is 13.2 Å². The van der Waals surface area contributed by atoms with Gasteiger partial charge in [0.25, 0.3) is 0 Å². The van der Waals surface area contributed by atoms with Crippen molar-refractivity contribution in [2.45, 2.75) is 51.0 Å². The fraction of sp³-hybridized carbons (Fsp3) is 0.429. The number of hydrogen-bond donors (Lipinski definition) is 0. The summed E-state index contributed by atoms with van der Waals surface area (Å²) >= 11 is 0. The van der Waals surface area contributed by atoms with Gasteiger partial charge in [-0.25, -0.2) is 8.42 Å². The lowest BCUT2D eigenvalue weighted by Crippen LogP contribution is -2.36. The zero-order valence-electron chi connectivity index (χ0n) is 16.0. The summed E-state index contributed by atoms with van der Waals surface area (Å²) in [6.45, 7) is 9.63. The van der Waals surface area contributed by atoms with E-state index >= 15 is 0 Å². The number of rotatable bonds is 4. The van der Waals surface area contributed by atoms with Gasteiger partial charge in [0.2, 0.25) is 10.0 Å². The molecule has 0 aliphatic carbocycles. The van der Waals surface area contributed by atoms with Crippen LogP contribution in [-0.2, 0) is 28.4 Å². The molecule has 0 atom stereocenters. The van der Waals surface area contributed by atoms with Gasteiger partial charge >= 0.3 is 0 Å². The Bertz CT molecular complexity index is 898. The van der Waals surface area contributed by atoms with Crippen LogP contribution < -0.4 is 4.74 Å². The highest BCUT2D eigenvalue weighted by molar-refractivity contribution is 7.89. The van der Waals surface area contributed by atoms with Gasteiger partial charge in [-0.2, -0.15) is 4.31 Å². The molecule has 1 aliphatic heterocycles. The first-order valence-corrected chi connectivity index (χ1v) is 10.5. The van der Waals surface area contributed by atoms with E-state index in [-0.39, 0.29) is 5.41 Å². The number of nitrogens with zero attached hydrogens (tertiary/aromatic N) is 1. The van der Waals surface area contributed by atoms with Crippen LogP contribution in [-0.4, -0.2) is 25.9 Å². The second kappa shape index (κ2) is 7.05. The predicted molar refractivity (Wildman–Crippen MR) is 104 cm³/mol. The van der Waals surface area contributed by atoms with Crippen molar-refractivity contribution in [3.63, 3.8) is 0 Å². The van der Waals surface area contributed by atoms with Crippen LogP contribution in [0.2, 0.25) is 0 Å². The molecule has 0 radical (unpaired) electrons. The smallest absolute Gasteiger partial charge is 0.243 e. The molecule has 0 bridgehead atoms. The number of hydrogen-bond acceptors (Lipinski definition) is 3. The van der Waals surface area contributed by atoms with Crippen molar-refractivity contribution in [2.24, 2.45) is 0 Å². The maximum atomic E-state index is 13.2. The standard InChI is InChI=1S/C21H27NO3S/c1-5-25-20-11-10-18(14-19(20)21(2,3)4)26(23,24)22-13-12-16-8-6-7-9-17(16)15-22/h6-11,14H,5,12-13,15H2,1-4H3. The highest BCUT2D eigenvalue weighted by atomic mass is 32.2. The van der Waals surface area contributed by atoms with Gasteiger partial charge in [-0.1, -0.05) is 45.0 Å². The monoisotopic (exact) mass is 373 g/mol. The SMILES string of the molecule is CCOc1ccc(S(=O)(=O)N2CCc3ccccc3C2)cc1C(C)(C)C. The van der Waals surface area contributed by atoms with Crippen LogP contribution >= 0.6 is 0 Å². The maximum absolute atomic E-state index is 13.2. The first-order chi connectivity index (χ1) is 12.2. The summed E-state index contributed by atoms with van der Waals surface area (Å²) in [5.74, 6) is 0.753. The van der Waals surface area contributed by atoms with E-state index in [1.165, 1.54) is 5.56 Å². The van der Waals surface area contributed by atoms with Crippen LogP contribution in [0.1, 0.15) is 44.4 Å². The first-order valence-electron chi connectivity index (χ1n) is 9.07. The Labute approximate surface area is 156 Å². The normalized spacial score (nSPS) is 15.5. The summed E-state index contributed by atoms with van der Waals surface area (Å²) in [5, 5.41) is 0. The third-order valence-electron chi connectivity index (χ3n) is 4.79. The van der Waals surface area contributed by atoms with Gasteiger partial charge in [0, 0.05) is 18.7 Å². The van der Waals surface area contributed by atoms with E-state index in [2.05, 4.69) is 26.8 Å². The topological polar surface area (TPSA) is 46.6 Å². The van der Waals surface area contributed by atoms with Crippen molar-refractivity contribution in [3.8, 4) is 5.75 Å². The third-order valence-corrected chi connectivity index (χ3v) is 6.63. The summed E-state index contributed by atoms with van der Waals surface area (Å²) < 4.78 is 33.8. The summed E-state index contributed by atoms with van der Waals surface area (Å²) in [6.07, 6.45) is 0.749. The Hall–Kier alpha value is -1.85. The van der Waals surface area contributed by atoms with Gasteiger partial charge in [-0.15, -0.1) is 0 Å². The first kappa shape index (κ1) is 18.9. The highest BCUT2D eigenvalue weighted by Crippen LogP contribution is 2.35. The van der Waals surface area contributed by atoms with Crippen LogP contribution in [0.25, 0.3) is 0 Å². The van der Waals surface area contributed by atoms with Crippen LogP contribution in [0.4, 0.5) is 0 Å². The minimum atomic E-state index is -3.54. The van der Waals surface area contributed by atoms with E-state index in [1.807, 2.05) is 25.1 Å². The fourth-order valence-corrected chi connectivity index (χ4v) is 4.81. The lowest BCUT2D eigenvalue weighted by Gasteiger charge is -2.29. The van der Waals surface area contributed by atoms with Crippen molar-refractivity contribution in [3.05, 3.63) is 59.2 Å². The van der Waals surface area contributed by atoms with E-state index in [0.717, 1.165) is 23.3 Å². The van der Waals surface area contributed by atoms with Crippen molar-refractivity contribution in [1.82, 2.24) is 4.31 Å². The molecule has 0 spiro atoms. The van der Waals surface area contributed by atoms with Crippen molar-refractivity contribution >= 4 is 10.0 Å². The molecule has 3 rings (SSSR count). The summed E-state index contributed by atoms with van der Waals surface area (Å²) in [6, 6.07) is 13.3. The van der Waals surface area contributed by atoms with Gasteiger partial charge < -0.3 is 4.74 Å². The Kier molecular flexibility index (Phi) is 5.13. The fourth-order valence-electron chi connectivity index (χ4n) is 3.36. The van der Waals surface area contributed by atoms with Gasteiger partial charge in [0.15, 0.2) is 0 Å². The Morgan fingerprint density at radius 3 is 2.42 bits per heavy atom. The molecule has 1 aliphatic rings. The molecule has 0 saturated heterocycles. The average molecular weight is 374 g/mol. The molecule has 0 amide bonds. The molecular weight excluding hydrogens is 346 g/mol. The Balaban J connectivity index is 1.98. The minimum absolute atomic E-state index is 0.204. The number of benzene rings is 2. The van der Waals surface area contributed by atoms with Gasteiger partial charge in [0.05, 0.1) is 11.5 Å². The predicted octanol–water partition coefficient (Wildman–Crippen LogP) is 4.13. The van der Waals surface area contributed by atoms with E-state index in [9.17, 15) is 8.42 Å². The summed E-state index contributed by atoms with van der Waals surface area (Å²) in [4.78, 5) is 0.338. The summed E-state index contributed by atoms with van der Waals surface area (Å²) in [5.41, 5.74) is 3.04. The van der Waals surface area contributed by atoms with Crippen LogP contribution in [0.5, 0.6) is 5.75 Å². The quantitative estimate of drug-likeness (QED) is 0.809. The lowest BCUT2D eigenvalue weighted by atomic mass is 9.86. The van der Waals surface area contributed by atoms with E-state index < -0.39 is 10.0 Å². The molecule has 0 aromatic heterocycles. The molecule has 0 unspecified atom stereocenters. The Morgan fingerprint density at radius 2 is 1.77 bits per heavy atom. The zero-order chi connectivity index (χ0) is 18.9. The molecule has 0 N–H and O–H groups in total. The lowest BCUT2D eigenvalue weighted by molar-refractivity contribution is 0.329. The maximum Gasteiger partial charge on any atom is 0.243 e. The number of ether oxygens (including phenoxy) is 1. The molecule has 2 aromatic carbocycles. The number of fused-ring (bicyclic) bond motifs is 1. The van der Waals surface area contributed by atoms with Gasteiger partial charge in [0.1, 0.15) is 5.75 Å². The van der Waals surface area contributed by atoms with Gasteiger partial charge in [-0.05, 0) is 48.1 Å². The molecule has 2 aromatic rings. The molecule has 0 fully saturated rings. The second-order valence-electron chi connectivity index (χ2n) is 7.70. The molecular formula is C21H27NO3S. The van der Waals surface area contributed by atoms with Crippen LogP contribution in [0.15, 0.2) is 47.4 Å². The Morgan fingerprint density at radius 1 is 1.08 bits per heavy atom. The molecule has 1 heterocycles. The van der Waals surface area contributed by atoms with E-state index in [4.69, 9.17) is 4.74 Å². The van der Waals surface area contributed by atoms with Crippen LogP contribution in [0, 0.1) is 0 Å². The number of sulfonamides is 1. The molecule has 5 heteroatoms. The van der Waals surface area contributed by atoms with Crippen LogP contribution in [0.3, 0.4) is 0 Å². The largest absolute Gasteiger partial charge is 0.494 e.